The Labute approximate surface area is 167 Å². The molecule has 0 unspecified atom stereocenters. The van der Waals surface area contributed by atoms with E-state index < -0.39 is 0 Å². The minimum atomic E-state index is -0.343. The van der Waals surface area contributed by atoms with Crippen LogP contribution in [0, 0.1) is 0 Å². The van der Waals surface area contributed by atoms with E-state index >= 15 is 0 Å². The van der Waals surface area contributed by atoms with E-state index in [0.717, 1.165) is 11.1 Å². The van der Waals surface area contributed by atoms with Gasteiger partial charge < -0.3 is 15.1 Å². The Hall–Kier alpha value is -3.35. The summed E-state index contributed by atoms with van der Waals surface area (Å²) in [5.41, 5.74) is 4.73. The van der Waals surface area contributed by atoms with E-state index in [1.54, 1.807) is 4.90 Å². The normalized spacial score (nSPS) is 15.9. The van der Waals surface area contributed by atoms with E-state index in [2.05, 4.69) is 5.43 Å². The van der Waals surface area contributed by atoms with Crippen molar-refractivity contribution < 1.29 is 13.9 Å². The van der Waals surface area contributed by atoms with Crippen molar-refractivity contribution in [1.29, 1.82) is 0 Å². The quantitative estimate of drug-likeness (QED) is 0.815. The van der Waals surface area contributed by atoms with Gasteiger partial charge in [-0.1, -0.05) is 36.4 Å². The van der Waals surface area contributed by atoms with Crippen LogP contribution in [0.5, 0.6) is 5.75 Å². The third-order valence-corrected chi connectivity index (χ3v) is 5.00. The molecule has 0 bridgehead atoms. The lowest BCUT2D eigenvalue weighted by molar-refractivity contribution is 0.0721. The van der Waals surface area contributed by atoms with E-state index in [0.29, 0.717) is 32.5 Å². The van der Waals surface area contributed by atoms with Gasteiger partial charge in [0.15, 0.2) is 11.4 Å². The van der Waals surface area contributed by atoms with Gasteiger partial charge in [-0.05, 0) is 30.1 Å². The fourth-order valence-corrected chi connectivity index (χ4v) is 3.45. The first-order valence-electron chi connectivity index (χ1n) is 9.62. The predicted octanol–water partition coefficient (Wildman–Crippen LogP) is 3.35. The minimum absolute atomic E-state index is 0.0291. The summed E-state index contributed by atoms with van der Waals surface area (Å²) in [7, 11) is 0. The molecule has 0 radical (unpaired) electrons. The number of amides is 1. The summed E-state index contributed by atoms with van der Waals surface area (Å²) >= 11 is 0. The van der Waals surface area contributed by atoms with Gasteiger partial charge in [0.2, 0.25) is 5.43 Å². The summed E-state index contributed by atoms with van der Waals surface area (Å²) in [6.45, 7) is 0.909. The number of allylic oxidation sites excluding steroid dienone is 3. The molecule has 2 heterocycles. The maximum Gasteiger partial charge on any atom is 0.277 e. The lowest BCUT2D eigenvalue weighted by Crippen LogP contribution is -2.47. The first-order valence-corrected chi connectivity index (χ1v) is 9.62. The van der Waals surface area contributed by atoms with Crippen molar-refractivity contribution in [2.45, 2.75) is 25.9 Å². The summed E-state index contributed by atoms with van der Waals surface area (Å²) in [5, 5.41) is 0. The van der Waals surface area contributed by atoms with Crippen molar-refractivity contribution in [2.75, 3.05) is 18.6 Å². The Kier molecular flexibility index (Phi) is 5.46. The number of halogens is 1. The molecular weight excluding hydrogens is 373 g/mol. The Morgan fingerprint density at radius 1 is 1.14 bits per heavy atom. The van der Waals surface area contributed by atoms with Crippen LogP contribution in [0.1, 0.15) is 35.3 Å². The zero-order valence-electron chi connectivity index (χ0n) is 15.9. The van der Waals surface area contributed by atoms with Gasteiger partial charge in [-0.25, -0.2) is 4.39 Å². The molecular formula is C22H22FN3O3. The van der Waals surface area contributed by atoms with E-state index in [1.807, 2.05) is 36.4 Å². The number of carbonyl (C=O) groups is 1. The molecule has 6 nitrogen and oxygen atoms in total. The highest BCUT2D eigenvalue weighted by atomic mass is 19.1. The van der Waals surface area contributed by atoms with Gasteiger partial charge >= 0.3 is 0 Å². The van der Waals surface area contributed by atoms with Crippen LogP contribution >= 0.6 is 0 Å². The number of aromatic nitrogens is 1. The molecule has 7 heteroatoms. The number of rotatable bonds is 6. The minimum Gasteiger partial charge on any atom is -0.482 e. The lowest BCUT2D eigenvalue weighted by Gasteiger charge is -2.32. The number of hydrogen-bond donors (Lipinski definition) is 1. The Morgan fingerprint density at radius 2 is 1.97 bits per heavy atom. The van der Waals surface area contributed by atoms with Gasteiger partial charge in [-0.2, -0.15) is 0 Å². The average Bonchev–Trinajstić information content (AvgIpc) is 2.73. The topological polar surface area (TPSA) is 63.6 Å². The van der Waals surface area contributed by atoms with Gasteiger partial charge in [0.1, 0.15) is 19.1 Å². The number of benzene rings is 1. The standard InChI is InChI=1S/C22H22FN3O3/c23-18-8-4-7-16(13-18)9-11-25-15-24-26-12-10-19(27)21(20(26)22(25)28)29-14-17-5-2-1-3-6-17/h1-3,5-7,10,12-13,24H,4,8-9,11,14-15H2. The van der Waals surface area contributed by atoms with Crippen LogP contribution in [0.25, 0.3) is 0 Å². The average molecular weight is 395 g/mol. The number of pyridine rings is 1. The first-order chi connectivity index (χ1) is 14.1. The Morgan fingerprint density at radius 3 is 2.76 bits per heavy atom. The zero-order chi connectivity index (χ0) is 20.2. The van der Waals surface area contributed by atoms with Crippen molar-refractivity contribution in [1.82, 2.24) is 9.58 Å². The number of nitrogens with one attached hydrogen (secondary N) is 1. The predicted molar refractivity (Wildman–Crippen MR) is 108 cm³/mol. The highest BCUT2D eigenvalue weighted by Gasteiger charge is 2.29. The van der Waals surface area contributed by atoms with E-state index in [1.165, 1.54) is 23.0 Å². The largest absolute Gasteiger partial charge is 0.482 e. The molecule has 1 aromatic heterocycles. The van der Waals surface area contributed by atoms with Crippen molar-refractivity contribution in [3.8, 4) is 5.75 Å². The zero-order valence-corrected chi connectivity index (χ0v) is 15.9. The van der Waals surface area contributed by atoms with Crippen molar-refractivity contribution >= 4 is 5.91 Å². The molecule has 1 aliphatic heterocycles. The smallest absolute Gasteiger partial charge is 0.277 e. The molecule has 0 saturated heterocycles. The SMILES string of the molecule is O=C1c2c(OCc3ccccc3)c(=O)ccn2NCN1CCC1=CCCC(F)=C1. The van der Waals surface area contributed by atoms with Crippen molar-refractivity contribution in [3.63, 3.8) is 0 Å². The van der Waals surface area contributed by atoms with Crippen LogP contribution in [0.4, 0.5) is 4.39 Å². The molecule has 2 aromatic rings. The molecule has 1 aliphatic carbocycles. The molecule has 150 valence electrons. The van der Waals surface area contributed by atoms with Gasteiger partial charge in [0.25, 0.3) is 5.91 Å². The molecule has 2 aliphatic rings. The Balaban J connectivity index is 1.52. The third kappa shape index (κ3) is 4.23. The molecule has 4 rings (SSSR count). The maximum absolute atomic E-state index is 13.5. The van der Waals surface area contributed by atoms with Crippen LogP contribution < -0.4 is 15.6 Å². The van der Waals surface area contributed by atoms with Crippen molar-refractivity contribution in [2.24, 2.45) is 0 Å². The van der Waals surface area contributed by atoms with Crippen LogP contribution in [0.3, 0.4) is 0 Å². The highest BCUT2D eigenvalue weighted by Crippen LogP contribution is 2.23. The van der Waals surface area contributed by atoms with Crippen LogP contribution in [0.2, 0.25) is 0 Å². The van der Waals surface area contributed by atoms with Crippen LogP contribution in [0.15, 0.2) is 70.9 Å². The highest BCUT2D eigenvalue weighted by molar-refractivity contribution is 5.96. The van der Waals surface area contributed by atoms with E-state index in [4.69, 9.17) is 4.74 Å². The number of hydrogen-bond acceptors (Lipinski definition) is 4. The second kappa shape index (κ2) is 8.34. The van der Waals surface area contributed by atoms with Crippen LogP contribution in [-0.2, 0) is 6.61 Å². The van der Waals surface area contributed by atoms with Crippen LogP contribution in [-0.4, -0.2) is 28.7 Å². The maximum atomic E-state index is 13.5. The molecule has 0 spiro atoms. The Bertz CT molecular complexity index is 1030. The summed E-state index contributed by atoms with van der Waals surface area (Å²) in [6, 6.07) is 10.8. The lowest BCUT2D eigenvalue weighted by atomic mass is 10.0. The molecule has 1 aromatic carbocycles. The summed E-state index contributed by atoms with van der Waals surface area (Å²) < 4.78 is 20.8. The fourth-order valence-electron chi connectivity index (χ4n) is 3.45. The van der Waals surface area contributed by atoms with E-state index in [-0.39, 0.29) is 35.2 Å². The van der Waals surface area contributed by atoms with Gasteiger partial charge in [-0.3, -0.25) is 14.3 Å². The van der Waals surface area contributed by atoms with Gasteiger partial charge in [0, 0.05) is 25.2 Å². The number of fused-ring (bicyclic) bond motifs is 1. The van der Waals surface area contributed by atoms with Crippen molar-refractivity contribution in [3.05, 3.63) is 87.6 Å². The van der Waals surface area contributed by atoms with Gasteiger partial charge in [0.05, 0.1) is 0 Å². The monoisotopic (exact) mass is 395 g/mol. The molecule has 29 heavy (non-hydrogen) atoms. The molecule has 1 N–H and O–H groups in total. The second-order valence-corrected chi connectivity index (χ2v) is 7.05. The number of carbonyl (C=O) groups excluding carboxylic acids is 1. The molecule has 0 saturated carbocycles. The van der Waals surface area contributed by atoms with E-state index in [9.17, 15) is 14.0 Å². The fraction of sp³-hybridized carbons (Fsp3) is 0.273. The summed E-state index contributed by atoms with van der Waals surface area (Å²) in [6.07, 6.45) is 6.74. The second-order valence-electron chi connectivity index (χ2n) is 7.05. The molecule has 0 atom stereocenters. The number of ether oxygens (including phenoxy) is 1. The summed E-state index contributed by atoms with van der Waals surface area (Å²) in [4.78, 5) is 27.1. The molecule has 0 fully saturated rings. The van der Waals surface area contributed by atoms with Gasteiger partial charge in [-0.15, -0.1) is 0 Å². The molecule has 1 amide bonds. The third-order valence-electron chi connectivity index (χ3n) is 5.00. The number of nitrogens with zero attached hydrogens (tertiary/aromatic N) is 2. The first kappa shape index (κ1) is 19.0. The summed E-state index contributed by atoms with van der Waals surface area (Å²) in [5.74, 6) is -0.383.